The second-order valence-corrected chi connectivity index (χ2v) is 6.38. The van der Waals surface area contributed by atoms with Crippen molar-refractivity contribution >= 4 is 40.9 Å². The lowest BCUT2D eigenvalue weighted by molar-refractivity contribution is -0.255. The molecule has 0 saturated carbocycles. The van der Waals surface area contributed by atoms with E-state index < -0.39 is 5.97 Å². The van der Waals surface area contributed by atoms with Gasteiger partial charge in [0.25, 0.3) is 5.91 Å². The summed E-state index contributed by atoms with van der Waals surface area (Å²) in [4.78, 5) is 27.1. The van der Waals surface area contributed by atoms with Crippen LogP contribution in [0.5, 0.6) is 0 Å². The van der Waals surface area contributed by atoms with Crippen LogP contribution in [-0.2, 0) is 11.8 Å². The van der Waals surface area contributed by atoms with E-state index in [2.05, 4.69) is 15.5 Å². The predicted octanol–water partition coefficient (Wildman–Crippen LogP) is 1.18. The van der Waals surface area contributed by atoms with E-state index in [4.69, 9.17) is 0 Å². The molecule has 132 valence electrons. The van der Waals surface area contributed by atoms with Crippen LogP contribution in [0.25, 0.3) is 11.0 Å². The Morgan fingerprint density at radius 1 is 1.23 bits per heavy atom. The summed E-state index contributed by atoms with van der Waals surface area (Å²) in [6.07, 6.45) is 1.44. The van der Waals surface area contributed by atoms with Gasteiger partial charge < -0.3 is 14.5 Å². The molecule has 1 N–H and O–H groups in total. The average molecular weight is 367 g/mol. The largest absolute Gasteiger partial charge is 0.545 e. The number of carbonyl (C=O) groups excluding carboxylic acids is 2. The van der Waals surface area contributed by atoms with Gasteiger partial charge in [-0.25, -0.2) is 10.4 Å². The lowest BCUT2D eigenvalue weighted by Gasteiger charge is -2.02. The number of carbonyl (C=O) groups is 2. The predicted molar refractivity (Wildman–Crippen MR) is 97.9 cm³/mol. The maximum absolute atomic E-state index is 11.9. The van der Waals surface area contributed by atoms with Gasteiger partial charge in [-0.15, -0.1) is 0 Å². The monoisotopic (exact) mass is 367 g/mol. The zero-order chi connectivity index (χ0) is 18.5. The number of hydrogen-bond acceptors (Lipinski definition) is 6. The van der Waals surface area contributed by atoms with Gasteiger partial charge >= 0.3 is 0 Å². The number of aromatic nitrogens is 2. The lowest BCUT2D eigenvalue weighted by Crippen LogP contribution is -2.22. The molecule has 1 aromatic heterocycles. The Morgan fingerprint density at radius 2 is 1.96 bits per heavy atom. The van der Waals surface area contributed by atoms with Gasteiger partial charge in [-0.3, -0.25) is 4.79 Å². The minimum Gasteiger partial charge on any atom is -0.545 e. The van der Waals surface area contributed by atoms with E-state index in [0.29, 0.717) is 5.56 Å². The van der Waals surface area contributed by atoms with Crippen molar-refractivity contribution < 1.29 is 14.7 Å². The van der Waals surface area contributed by atoms with Crippen molar-refractivity contribution in [3.63, 3.8) is 0 Å². The number of hydrazone groups is 1. The number of carboxylic acids is 1. The lowest BCUT2D eigenvalue weighted by atomic mass is 10.1. The highest BCUT2D eigenvalue weighted by Gasteiger charge is 2.09. The number of fused-ring (bicyclic) bond motifs is 1. The third-order valence-corrected chi connectivity index (χ3v) is 4.66. The van der Waals surface area contributed by atoms with E-state index in [0.717, 1.165) is 16.2 Å². The molecule has 0 radical (unpaired) electrons. The van der Waals surface area contributed by atoms with Gasteiger partial charge in [0.05, 0.1) is 29.0 Å². The molecule has 0 aliphatic carbocycles. The summed E-state index contributed by atoms with van der Waals surface area (Å²) in [6, 6.07) is 13.8. The first kappa shape index (κ1) is 17.7. The Morgan fingerprint density at radius 3 is 2.65 bits per heavy atom. The third-order valence-electron chi connectivity index (χ3n) is 3.63. The summed E-state index contributed by atoms with van der Waals surface area (Å²) in [7, 11) is 1.91. The van der Waals surface area contributed by atoms with Gasteiger partial charge in [0.15, 0.2) is 5.16 Å². The molecule has 0 unspecified atom stereocenters. The summed E-state index contributed by atoms with van der Waals surface area (Å²) in [5, 5.41) is 15.3. The van der Waals surface area contributed by atoms with Crippen molar-refractivity contribution in [2.24, 2.45) is 12.1 Å². The normalized spacial score (nSPS) is 11.1. The number of para-hydroxylation sites is 2. The van der Waals surface area contributed by atoms with Crippen molar-refractivity contribution in [2.75, 3.05) is 5.75 Å². The number of nitrogens with one attached hydrogen (secondary N) is 1. The number of benzene rings is 2. The second-order valence-electron chi connectivity index (χ2n) is 5.43. The van der Waals surface area contributed by atoms with Crippen molar-refractivity contribution in [3.05, 3.63) is 59.7 Å². The molecule has 0 aliphatic rings. The van der Waals surface area contributed by atoms with Crippen molar-refractivity contribution in [3.8, 4) is 0 Å². The van der Waals surface area contributed by atoms with Crippen LogP contribution < -0.4 is 10.5 Å². The Bertz CT molecular complexity index is 980. The van der Waals surface area contributed by atoms with Gasteiger partial charge in [0.1, 0.15) is 0 Å². The standard InChI is InChI=1S/C18H16N4O3S/c1-22-15-5-3-2-4-14(15)20-18(22)26-11-16(23)21-19-10-12-6-8-13(9-7-12)17(24)25/h2-10H,11H2,1H3,(H,21,23)(H,24,25)/p-1. The molecule has 0 spiro atoms. The molecule has 0 saturated heterocycles. The number of hydrogen-bond donors (Lipinski definition) is 1. The number of thioether (sulfide) groups is 1. The maximum Gasteiger partial charge on any atom is 0.250 e. The smallest absolute Gasteiger partial charge is 0.250 e. The molecule has 0 atom stereocenters. The summed E-state index contributed by atoms with van der Waals surface area (Å²) in [5.41, 5.74) is 5.08. The molecule has 2 aromatic carbocycles. The number of nitrogens with zero attached hydrogens (tertiary/aromatic N) is 3. The molecule has 3 rings (SSSR count). The fraction of sp³-hybridized carbons (Fsp3) is 0.111. The van der Waals surface area contributed by atoms with Gasteiger partial charge in [0.2, 0.25) is 0 Å². The molecule has 3 aromatic rings. The zero-order valence-electron chi connectivity index (χ0n) is 13.9. The molecule has 26 heavy (non-hydrogen) atoms. The number of aryl methyl sites for hydroxylation is 1. The number of carboxylic acid groups (broad SMARTS) is 1. The highest BCUT2D eigenvalue weighted by Crippen LogP contribution is 2.22. The number of amides is 1. The van der Waals surface area contributed by atoms with Gasteiger partial charge in [-0.05, 0) is 23.3 Å². The van der Waals surface area contributed by atoms with Crippen LogP contribution in [0.2, 0.25) is 0 Å². The quantitative estimate of drug-likeness (QED) is 0.401. The minimum atomic E-state index is -1.24. The molecule has 7 nitrogen and oxygen atoms in total. The van der Waals surface area contributed by atoms with Crippen molar-refractivity contribution in [1.29, 1.82) is 0 Å². The van der Waals surface area contributed by atoms with Crippen LogP contribution in [-0.4, -0.2) is 33.4 Å². The highest BCUT2D eigenvalue weighted by molar-refractivity contribution is 7.99. The van der Waals surface area contributed by atoms with Gasteiger partial charge in [-0.1, -0.05) is 48.2 Å². The molecular formula is C18H15N4O3S-. The van der Waals surface area contributed by atoms with E-state index in [-0.39, 0.29) is 17.2 Å². The molecule has 1 heterocycles. The Kier molecular flexibility index (Phi) is 5.33. The summed E-state index contributed by atoms with van der Waals surface area (Å²) in [5.74, 6) is -1.32. The van der Waals surface area contributed by atoms with Crippen LogP contribution in [0.4, 0.5) is 0 Å². The second kappa shape index (κ2) is 7.83. The Labute approximate surface area is 153 Å². The SMILES string of the molecule is Cn1c(SCC(=O)NN=Cc2ccc(C(=O)[O-])cc2)nc2ccccc21. The average Bonchev–Trinajstić information content (AvgIpc) is 2.97. The van der Waals surface area contributed by atoms with E-state index in [1.807, 2.05) is 35.9 Å². The van der Waals surface area contributed by atoms with Crippen molar-refractivity contribution in [2.45, 2.75) is 5.16 Å². The molecule has 0 aliphatic heterocycles. The van der Waals surface area contributed by atoms with Crippen LogP contribution in [0.15, 0.2) is 58.8 Å². The molecule has 1 amide bonds. The molecule has 0 fully saturated rings. The number of imidazole rings is 1. The van der Waals surface area contributed by atoms with Crippen molar-refractivity contribution in [1.82, 2.24) is 15.0 Å². The zero-order valence-corrected chi connectivity index (χ0v) is 14.7. The van der Waals surface area contributed by atoms with Crippen LogP contribution >= 0.6 is 11.8 Å². The molecular weight excluding hydrogens is 352 g/mol. The fourth-order valence-electron chi connectivity index (χ4n) is 2.30. The van der Waals surface area contributed by atoms with Crippen LogP contribution in [0.1, 0.15) is 15.9 Å². The number of rotatable bonds is 6. The third kappa shape index (κ3) is 4.09. The van der Waals surface area contributed by atoms with Gasteiger partial charge in [-0.2, -0.15) is 5.10 Å². The topological polar surface area (TPSA) is 99.4 Å². The van der Waals surface area contributed by atoms with E-state index in [1.165, 1.54) is 30.1 Å². The van der Waals surface area contributed by atoms with Gasteiger partial charge in [0, 0.05) is 7.05 Å². The maximum atomic E-state index is 11.9. The first-order chi connectivity index (χ1) is 12.5. The van der Waals surface area contributed by atoms with E-state index in [1.54, 1.807) is 12.1 Å². The van der Waals surface area contributed by atoms with E-state index >= 15 is 0 Å². The summed E-state index contributed by atoms with van der Waals surface area (Å²) in [6.45, 7) is 0. The molecule has 8 heteroatoms. The Hall–Kier alpha value is -3.13. The Balaban J connectivity index is 1.53. The highest BCUT2D eigenvalue weighted by atomic mass is 32.2. The summed E-state index contributed by atoms with van der Waals surface area (Å²) < 4.78 is 1.94. The molecule has 0 bridgehead atoms. The minimum absolute atomic E-state index is 0.0880. The first-order valence-electron chi connectivity index (χ1n) is 7.72. The van der Waals surface area contributed by atoms with Crippen LogP contribution in [0, 0.1) is 0 Å². The van der Waals surface area contributed by atoms with E-state index in [9.17, 15) is 14.7 Å². The number of aromatic carboxylic acids is 1. The summed E-state index contributed by atoms with van der Waals surface area (Å²) >= 11 is 1.33. The first-order valence-corrected chi connectivity index (χ1v) is 8.71. The van der Waals surface area contributed by atoms with Crippen LogP contribution in [0.3, 0.4) is 0 Å². The fourth-order valence-corrected chi connectivity index (χ4v) is 3.08.